The van der Waals surface area contributed by atoms with Crippen molar-refractivity contribution in [3.63, 3.8) is 0 Å². The van der Waals surface area contributed by atoms with E-state index in [2.05, 4.69) is 5.32 Å². The van der Waals surface area contributed by atoms with E-state index in [0.717, 1.165) is 0 Å². The Morgan fingerprint density at radius 2 is 1.80 bits per heavy atom. The third kappa shape index (κ3) is 5.27. The van der Waals surface area contributed by atoms with Crippen molar-refractivity contribution < 1.29 is 23.8 Å². The third-order valence-electron chi connectivity index (χ3n) is 3.44. The molecule has 0 radical (unpaired) electrons. The van der Waals surface area contributed by atoms with Crippen molar-refractivity contribution in [3.05, 3.63) is 23.8 Å². The fourth-order valence-electron chi connectivity index (χ4n) is 2.53. The van der Waals surface area contributed by atoms with Gasteiger partial charge in [-0.25, -0.2) is 4.79 Å². The number of benzene rings is 1. The third-order valence-corrected chi connectivity index (χ3v) is 3.44. The van der Waals surface area contributed by atoms with Crippen LogP contribution in [0.25, 0.3) is 0 Å². The molecule has 0 atom stereocenters. The van der Waals surface area contributed by atoms with Gasteiger partial charge in [0.1, 0.15) is 5.60 Å². The van der Waals surface area contributed by atoms with Gasteiger partial charge in [0.2, 0.25) is 6.79 Å². The summed E-state index contributed by atoms with van der Waals surface area (Å²) in [4.78, 5) is 26.1. The van der Waals surface area contributed by atoms with Crippen molar-refractivity contribution in [3.8, 4) is 11.5 Å². The largest absolute Gasteiger partial charge is 0.454 e. The summed E-state index contributed by atoms with van der Waals surface area (Å²) in [6, 6.07) is 5.07. The summed E-state index contributed by atoms with van der Waals surface area (Å²) in [5.41, 5.74) is -0.725. The summed E-state index contributed by atoms with van der Waals surface area (Å²) in [7, 11) is 1.69. The Morgan fingerprint density at radius 3 is 2.44 bits per heavy atom. The first-order valence-electron chi connectivity index (χ1n) is 8.13. The zero-order valence-electron chi connectivity index (χ0n) is 15.6. The zero-order chi connectivity index (χ0) is 18.8. The van der Waals surface area contributed by atoms with Crippen LogP contribution in [0.5, 0.6) is 11.5 Å². The van der Waals surface area contributed by atoms with Crippen LogP contribution in [0.2, 0.25) is 0 Å². The molecule has 2 amide bonds. The molecule has 1 aliphatic heterocycles. The highest BCUT2D eigenvalue weighted by molar-refractivity contribution is 5.94. The molecule has 0 fully saturated rings. The molecule has 25 heavy (non-hydrogen) atoms. The topological polar surface area (TPSA) is 77.1 Å². The van der Waals surface area contributed by atoms with Crippen LogP contribution in [-0.2, 0) is 4.74 Å². The second kappa shape index (κ2) is 6.82. The molecular formula is C18H26N2O5. The number of rotatable bonds is 4. The van der Waals surface area contributed by atoms with E-state index in [-0.39, 0.29) is 12.7 Å². The fourth-order valence-corrected chi connectivity index (χ4v) is 2.53. The summed E-state index contributed by atoms with van der Waals surface area (Å²) < 4.78 is 15.8. The van der Waals surface area contributed by atoms with Gasteiger partial charge in [-0.1, -0.05) is 0 Å². The molecule has 1 N–H and O–H groups in total. The van der Waals surface area contributed by atoms with E-state index in [0.29, 0.717) is 23.6 Å². The molecule has 0 unspecified atom stereocenters. The molecule has 0 saturated heterocycles. The van der Waals surface area contributed by atoms with Gasteiger partial charge >= 0.3 is 6.09 Å². The molecule has 7 nitrogen and oxygen atoms in total. The van der Waals surface area contributed by atoms with Gasteiger partial charge < -0.3 is 24.4 Å². The first kappa shape index (κ1) is 18.9. The minimum absolute atomic E-state index is 0.162. The van der Waals surface area contributed by atoms with Crippen molar-refractivity contribution >= 4 is 12.0 Å². The van der Waals surface area contributed by atoms with Crippen molar-refractivity contribution in [2.75, 3.05) is 20.4 Å². The summed E-state index contributed by atoms with van der Waals surface area (Å²) >= 11 is 0. The van der Waals surface area contributed by atoms with Gasteiger partial charge in [-0.2, -0.15) is 0 Å². The number of nitrogens with zero attached hydrogens (tertiary/aromatic N) is 1. The van der Waals surface area contributed by atoms with E-state index in [1.54, 1.807) is 50.9 Å². The van der Waals surface area contributed by atoms with Crippen LogP contribution in [0.4, 0.5) is 4.79 Å². The van der Waals surface area contributed by atoms with Crippen molar-refractivity contribution in [2.45, 2.75) is 45.8 Å². The van der Waals surface area contributed by atoms with Gasteiger partial charge in [0.05, 0.1) is 5.54 Å². The number of likely N-dealkylation sites (N-methyl/N-ethyl adjacent to an activating group) is 1. The number of alkyl carbamates (subject to hydrolysis) is 1. The van der Waals surface area contributed by atoms with Gasteiger partial charge in [-0.15, -0.1) is 0 Å². The first-order chi connectivity index (χ1) is 11.5. The number of fused-ring (bicyclic) bond motifs is 1. The summed E-state index contributed by atoms with van der Waals surface area (Å²) in [6.45, 7) is 9.55. The van der Waals surface area contributed by atoms with Crippen LogP contribution in [-0.4, -0.2) is 48.4 Å². The first-order valence-corrected chi connectivity index (χ1v) is 8.13. The summed E-state index contributed by atoms with van der Waals surface area (Å²) in [5, 5.41) is 2.79. The molecule has 0 saturated carbocycles. The Hall–Kier alpha value is -2.44. The van der Waals surface area contributed by atoms with Crippen LogP contribution in [0.3, 0.4) is 0 Å². The number of carbonyl (C=O) groups excluding carboxylic acids is 2. The van der Waals surface area contributed by atoms with Crippen LogP contribution in [0.1, 0.15) is 45.0 Å². The monoisotopic (exact) mass is 350 g/mol. The highest BCUT2D eigenvalue weighted by atomic mass is 16.7. The Kier molecular flexibility index (Phi) is 5.15. The molecule has 7 heteroatoms. The van der Waals surface area contributed by atoms with Gasteiger partial charge in [0, 0.05) is 19.2 Å². The van der Waals surface area contributed by atoms with E-state index in [1.165, 1.54) is 0 Å². The summed E-state index contributed by atoms with van der Waals surface area (Å²) in [6.07, 6.45) is -0.513. The maximum Gasteiger partial charge on any atom is 0.408 e. The zero-order valence-corrected chi connectivity index (χ0v) is 15.6. The molecule has 1 aromatic carbocycles. The minimum atomic E-state index is -0.650. The van der Waals surface area contributed by atoms with Crippen LogP contribution < -0.4 is 14.8 Å². The Labute approximate surface area is 148 Å². The van der Waals surface area contributed by atoms with Crippen molar-refractivity contribution in [2.24, 2.45) is 0 Å². The number of amides is 2. The molecule has 138 valence electrons. The number of carbonyl (C=O) groups is 2. The normalized spacial score (nSPS) is 13.4. The molecule has 1 aliphatic rings. The Balaban J connectivity index is 1.98. The van der Waals surface area contributed by atoms with E-state index in [1.807, 2.05) is 13.8 Å². The smallest absolute Gasteiger partial charge is 0.408 e. The molecule has 0 aliphatic carbocycles. The van der Waals surface area contributed by atoms with E-state index in [9.17, 15) is 9.59 Å². The average molecular weight is 350 g/mol. The number of hydrogen-bond acceptors (Lipinski definition) is 5. The van der Waals surface area contributed by atoms with Gasteiger partial charge in [0.15, 0.2) is 11.5 Å². The number of nitrogens with one attached hydrogen (secondary N) is 1. The molecule has 1 aromatic rings. The van der Waals surface area contributed by atoms with Crippen LogP contribution >= 0.6 is 0 Å². The SMILES string of the molecule is CN(CC(C)(C)NC(=O)OC(C)(C)C)C(=O)c1ccc2c(c1)OCO2. The highest BCUT2D eigenvalue weighted by Crippen LogP contribution is 2.32. The average Bonchev–Trinajstić information content (AvgIpc) is 2.90. The molecule has 0 spiro atoms. The lowest BCUT2D eigenvalue weighted by Gasteiger charge is -2.32. The quantitative estimate of drug-likeness (QED) is 0.903. The van der Waals surface area contributed by atoms with E-state index in [4.69, 9.17) is 14.2 Å². The molecular weight excluding hydrogens is 324 g/mol. The molecule has 0 bridgehead atoms. The van der Waals surface area contributed by atoms with Gasteiger partial charge in [-0.3, -0.25) is 4.79 Å². The van der Waals surface area contributed by atoms with Crippen molar-refractivity contribution in [1.29, 1.82) is 0 Å². The lowest BCUT2D eigenvalue weighted by atomic mass is 10.0. The lowest BCUT2D eigenvalue weighted by molar-refractivity contribution is 0.0441. The van der Waals surface area contributed by atoms with E-state index >= 15 is 0 Å². The minimum Gasteiger partial charge on any atom is -0.454 e. The lowest BCUT2D eigenvalue weighted by Crippen LogP contribution is -2.52. The predicted octanol–water partition coefficient (Wildman–Crippen LogP) is 2.79. The van der Waals surface area contributed by atoms with Gasteiger partial charge in [-0.05, 0) is 52.8 Å². The second-order valence-corrected chi connectivity index (χ2v) is 7.74. The highest BCUT2D eigenvalue weighted by Gasteiger charge is 2.28. The van der Waals surface area contributed by atoms with Crippen molar-refractivity contribution in [1.82, 2.24) is 10.2 Å². The number of ether oxygens (including phenoxy) is 3. The maximum absolute atomic E-state index is 12.6. The Bertz CT molecular complexity index is 664. The number of hydrogen-bond donors (Lipinski definition) is 1. The van der Waals surface area contributed by atoms with Crippen LogP contribution in [0.15, 0.2) is 18.2 Å². The van der Waals surface area contributed by atoms with Crippen LogP contribution in [0, 0.1) is 0 Å². The summed E-state index contributed by atoms with van der Waals surface area (Å²) in [5.74, 6) is 1.02. The second-order valence-electron chi connectivity index (χ2n) is 7.74. The predicted molar refractivity (Wildman–Crippen MR) is 93.0 cm³/mol. The molecule has 1 heterocycles. The molecule has 2 rings (SSSR count). The van der Waals surface area contributed by atoms with Gasteiger partial charge in [0.25, 0.3) is 5.91 Å². The molecule has 0 aromatic heterocycles. The Morgan fingerprint density at radius 1 is 1.16 bits per heavy atom. The van der Waals surface area contributed by atoms with E-state index < -0.39 is 17.2 Å². The fraction of sp³-hybridized carbons (Fsp3) is 0.556. The standard InChI is InChI=1S/C18H26N2O5/c1-17(2,3)25-16(22)19-18(4,5)10-20(6)15(21)12-7-8-13-14(9-12)24-11-23-13/h7-9H,10-11H2,1-6H3,(H,19,22). The maximum atomic E-state index is 12.6.